The van der Waals surface area contributed by atoms with E-state index in [4.69, 9.17) is 14.9 Å². The summed E-state index contributed by atoms with van der Waals surface area (Å²) in [6.45, 7) is 1.58. The molecule has 14 heavy (non-hydrogen) atoms. The van der Waals surface area contributed by atoms with E-state index >= 15 is 0 Å². The Morgan fingerprint density at radius 1 is 1.29 bits per heavy atom. The zero-order valence-electron chi connectivity index (χ0n) is 7.34. The molecule has 0 radical (unpaired) electrons. The minimum Gasteiger partial charge on any atom is -0.478 e. The number of aryl methyl sites for hydroxylation is 1. The molecule has 1 rings (SSSR count). The molecule has 0 saturated carbocycles. The summed E-state index contributed by atoms with van der Waals surface area (Å²) in [4.78, 5) is 28.3. The van der Waals surface area contributed by atoms with Crippen LogP contribution in [-0.4, -0.2) is 20.9 Å². The highest BCUT2D eigenvalue weighted by molar-refractivity contribution is 7.60. The lowest BCUT2D eigenvalue weighted by molar-refractivity contribution is 0.0697. The molecule has 0 unspecified atom stereocenters. The molecular weight excluding hydrogens is 207 g/mol. The van der Waals surface area contributed by atoms with E-state index in [0.717, 1.165) is 6.07 Å². The molecule has 5 nitrogen and oxygen atoms in total. The molecule has 0 bridgehead atoms. The maximum absolute atomic E-state index is 10.9. The van der Waals surface area contributed by atoms with Gasteiger partial charge in [-0.2, -0.15) is 0 Å². The van der Waals surface area contributed by atoms with Gasteiger partial charge < -0.3 is 14.9 Å². The molecule has 0 aliphatic heterocycles. The average molecular weight is 216 g/mol. The summed E-state index contributed by atoms with van der Waals surface area (Å²) in [5.41, 5.74) is 0.381. The summed E-state index contributed by atoms with van der Waals surface area (Å²) in [6.07, 6.45) is 0. The minimum atomic E-state index is -4.37. The summed E-state index contributed by atoms with van der Waals surface area (Å²) in [7, 11) is -4.37. The number of rotatable bonds is 2. The number of carboxylic acid groups (broad SMARTS) is 1. The number of carboxylic acids is 1. The van der Waals surface area contributed by atoms with E-state index in [1.165, 1.54) is 12.1 Å². The van der Waals surface area contributed by atoms with Gasteiger partial charge >= 0.3 is 13.6 Å². The molecule has 0 heterocycles. The van der Waals surface area contributed by atoms with Crippen molar-refractivity contribution in [1.82, 2.24) is 0 Å². The highest BCUT2D eigenvalue weighted by Gasteiger charge is 2.19. The fourth-order valence-corrected chi connectivity index (χ4v) is 1.73. The van der Waals surface area contributed by atoms with Gasteiger partial charge in [-0.1, -0.05) is 0 Å². The molecule has 0 spiro atoms. The molecule has 1 aromatic carbocycles. The van der Waals surface area contributed by atoms with Crippen molar-refractivity contribution in [3.05, 3.63) is 29.3 Å². The second-order valence-corrected chi connectivity index (χ2v) is 4.51. The molecule has 76 valence electrons. The third-order valence-corrected chi connectivity index (χ3v) is 2.58. The number of aromatic carboxylic acids is 1. The van der Waals surface area contributed by atoms with Crippen LogP contribution < -0.4 is 5.30 Å². The minimum absolute atomic E-state index is 0.122. The number of benzene rings is 1. The molecule has 0 fully saturated rings. The lowest BCUT2D eigenvalue weighted by Gasteiger charge is -2.06. The SMILES string of the molecule is Cc1cc(C(=O)O)cc(P(=O)(O)O)c1. The smallest absolute Gasteiger partial charge is 0.356 e. The molecule has 3 N–H and O–H groups in total. The largest absolute Gasteiger partial charge is 0.478 e. The number of hydrogen-bond donors (Lipinski definition) is 3. The highest BCUT2D eigenvalue weighted by Crippen LogP contribution is 2.33. The van der Waals surface area contributed by atoms with Crippen LogP contribution in [-0.2, 0) is 4.57 Å². The van der Waals surface area contributed by atoms with E-state index in [1.807, 2.05) is 0 Å². The summed E-state index contributed by atoms with van der Waals surface area (Å²) in [6, 6.07) is 3.60. The zero-order valence-corrected chi connectivity index (χ0v) is 8.23. The quantitative estimate of drug-likeness (QED) is 0.625. The van der Waals surface area contributed by atoms with Crippen molar-refractivity contribution in [3.63, 3.8) is 0 Å². The van der Waals surface area contributed by atoms with Gasteiger partial charge in [-0.25, -0.2) is 4.79 Å². The molecule has 0 aliphatic rings. The highest BCUT2D eigenvalue weighted by atomic mass is 31.2. The monoisotopic (exact) mass is 216 g/mol. The predicted octanol–water partition coefficient (Wildman–Crippen LogP) is 0.496. The Hall–Kier alpha value is -1.16. The van der Waals surface area contributed by atoms with E-state index in [2.05, 4.69) is 0 Å². The second kappa shape index (κ2) is 3.53. The maximum Gasteiger partial charge on any atom is 0.356 e. The van der Waals surface area contributed by atoms with Crippen molar-refractivity contribution in [2.24, 2.45) is 0 Å². The first-order chi connectivity index (χ1) is 6.30. The first-order valence-corrected chi connectivity index (χ1v) is 5.33. The molecule has 6 heteroatoms. The van der Waals surface area contributed by atoms with Crippen LogP contribution in [0.5, 0.6) is 0 Å². The number of carbonyl (C=O) groups is 1. The lowest BCUT2D eigenvalue weighted by atomic mass is 10.1. The van der Waals surface area contributed by atoms with Crippen LogP contribution >= 0.6 is 7.60 Å². The molecule has 0 atom stereocenters. The average Bonchev–Trinajstić information content (AvgIpc) is 2.01. The first-order valence-electron chi connectivity index (χ1n) is 3.72. The van der Waals surface area contributed by atoms with Crippen LogP contribution in [0.3, 0.4) is 0 Å². The Balaban J connectivity index is 3.35. The Labute approximate surface area is 80.2 Å². The van der Waals surface area contributed by atoms with Crippen molar-refractivity contribution in [2.45, 2.75) is 6.92 Å². The lowest BCUT2D eigenvalue weighted by Crippen LogP contribution is -2.09. The Morgan fingerprint density at radius 2 is 1.86 bits per heavy atom. The fourth-order valence-electron chi connectivity index (χ4n) is 1.05. The van der Waals surface area contributed by atoms with Gasteiger partial charge in [-0.3, -0.25) is 4.57 Å². The topological polar surface area (TPSA) is 94.8 Å². The zero-order chi connectivity index (χ0) is 10.9. The van der Waals surface area contributed by atoms with Crippen molar-refractivity contribution in [1.29, 1.82) is 0 Å². The van der Waals surface area contributed by atoms with E-state index < -0.39 is 13.6 Å². The van der Waals surface area contributed by atoms with Gasteiger partial charge in [0.2, 0.25) is 0 Å². The van der Waals surface area contributed by atoms with Crippen LogP contribution in [0.15, 0.2) is 18.2 Å². The van der Waals surface area contributed by atoms with Crippen LogP contribution in [0.4, 0.5) is 0 Å². The summed E-state index contributed by atoms with van der Waals surface area (Å²) < 4.78 is 10.9. The van der Waals surface area contributed by atoms with Crippen molar-refractivity contribution >= 4 is 18.9 Å². The van der Waals surface area contributed by atoms with Crippen LogP contribution in [0.2, 0.25) is 0 Å². The van der Waals surface area contributed by atoms with Crippen LogP contribution in [0, 0.1) is 6.92 Å². The molecule has 0 saturated heterocycles. The Kier molecular flexibility index (Phi) is 2.76. The third kappa shape index (κ3) is 2.42. The van der Waals surface area contributed by atoms with E-state index in [1.54, 1.807) is 6.92 Å². The van der Waals surface area contributed by atoms with E-state index in [-0.39, 0.29) is 10.9 Å². The predicted molar refractivity (Wildman–Crippen MR) is 49.8 cm³/mol. The molecule has 1 aromatic rings. The Bertz CT molecular complexity index is 420. The van der Waals surface area contributed by atoms with Crippen molar-refractivity contribution in [2.75, 3.05) is 0 Å². The normalized spacial score (nSPS) is 11.4. The first kappa shape index (κ1) is 10.9. The standard InChI is InChI=1S/C8H9O5P/c1-5-2-6(8(9)10)4-7(3-5)14(11,12)13/h2-4H,1H3,(H,9,10)(H2,11,12,13). The van der Waals surface area contributed by atoms with Crippen molar-refractivity contribution in [3.8, 4) is 0 Å². The van der Waals surface area contributed by atoms with Gasteiger partial charge in [-0.05, 0) is 30.7 Å². The van der Waals surface area contributed by atoms with Gasteiger partial charge in [0.25, 0.3) is 0 Å². The van der Waals surface area contributed by atoms with Crippen molar-refractivity contribution < 1.29 is 24.3 Å². The second-order valence-electron chi connectivity index (χ2n) is 2.91. The number of hydrogen-bond acceptors (Lipinski definition) is 2. The van der Waals surface area contributed by atoms with Gasteiger partial charge in [-0.15, -0.1) is 0 Å². The summed E-state index contributed by atoms with van der Waals surface area (Å²) in [5, 5.41) is 8.38. The molecule has 0 amide bonds. The maximum atomic E-state index is 10.9. The third-order valence-electron chi connectivity index (χ3n) is 1.65. The molecule has 0 aromatic heterocycles. The van der Waals surface area contributed by atoms with Gasteiger partial charge in [0.15, 0.2) is 0 Å². The van der Waals surface area contributed by atoms with E-state index in [0.29, 0.717) is 5.56 Å². The van der Waals surface area contributed by atoms with Crippen LogP contribution in [0.1, 0.15) is 15.9 Å². The fraction of sp³-hybridized carbons (Fsp3) is 0.125. The van der Waals surface area contributed by atoms with Gasteiger partial charge in [0, 0.05) is 0 Å². The summed E-state index contributed by atoms with van der Waals surface area (Å²) >= 11 is 0. The van der Waals surface area contributed by atoms with Gasteiger partial charge in [0.05, 0.1) is 10.9 Å². The van der Waals surface area contributed by atoms with E-state index in [9.17, 15) is 9.36 Å². The van der Waals surface area contributed by atoms with Gasteiger partial charge in [0.1, 0.15) is 0 Å². The van der Waals surface area contributed by atoms with Crippen LogP contribution in [0.25, 0.3) is 0 Å². The molecule has 0 aliphatic carbocycles. The Morgan fingerprint density at radius 3 is 2.29 bits per heavy atom. The molecular formula is C8H9O5P. The summed E-state index contributed by atoms with van der Waals surface area (Å²) in [5.74, 6) is -1.21.